The molecule has 23 heavy (non-hydrogen) atoms. The topological polar surface area (TPSA) is 51.2 Å². The number of hydrogen-bond donors (Lipinski definition) is 0. The van der Waals surface area contributed by atoms with E-state index in [1.807, 2.05) is 36.4 Å². The largest absolute Gasteiger partial charge is 0.299 e. The number of Topliss-reactive ketones (excluding diaryl/α,β-unsaturated/α-hetero) is 3. The van der Waals surface area contributed by atoms with Gasteiger partial charge in [-0.25, -0.2) is 0 Å². The van der Waals surface area contributed by atoms with E-state index < -0.39 is 0 Å². The van der Waals surface area contributed by atoms with Crippen LogP contribution in [0.25, 0.3) is 0 Å². The normalized spacial score (nSPS) is 10.3. The van der Waals surface area contributed by atoms with Gasteiger partial charge in [0.2, 0.25) is 0 Å². The monoisotopic (exact) mass is 308 g/mol. The molecule has 2 aromatic carbocycles. The van der Waals surface area contributed by atoms with Crippen LogP contribution in [0.1, 0.15) is 41.6 Å². The number of ketones is 3. The van der Waals surface area contributed by atoms with Crippen LogP contribution in [0.2, 0.25) is 0 Å². The Kier molecular flexibility index (Phi) is 6.42. The van der Waals surface area contributed by atoms with Gasteiger partial charge in [-0.2, -0.15) is 0 Å². The van der Waals surface area contributed by atoms with Crippen molar-refractivity contribution in [3.8, 4) is 0 Å². The first-order valence-electron chi connectivity index (χ1n) is 7.81. The molecule has 0 amide bonds. The van der Waals surface area contributed by atoms with Crippen LogP contribution < -0.4 is 0 Å². The fourth-order valence-corrected chi connectivity index (χ4v) is 2.39. The van der Waals surface area contributed by atoms with Crippen molar-refractivity contribution in [1.29, 1.82) is 0 Å². The van der Waals surface area contributed by atoms with Crippen LogP contribution in [0.4, 0.5) is 0 Å². The van der Waals surface area contributed by atoms with E-state index >= 15 is 0 Å². The summed E-state index contributed by atoms with van der Waals surface area (Å²) < 4.78 is 0. The lowest BCUT2D eigenvalue weighted by molar-refractivity contribution is -0.119. The van der Waals surface area contributed by atoms with E-state index in [1.54, 1.807) is 24.3 Å². The third-order valence-corrected chi connectivity index (χ3v) is 3.61. The van der Waals surface area contributed by atoms with Gasteiger partial charge in [-0.1, -0.05) is 60.7 Å². The molecule has 0 spiro atoms. The first-order chi connectivity index (χ1) is 11.1. The molecule has 3 heteroatoms. The Labute approximate surface area is 136 Å². The molecular formula is C20H20O3. The zero-order chi connectivity index (χ0) is 16.5. The molecule has 3 nitrogen and oxygen atoms in total. The molecule has 118 valence electrons. The number of carbonyl (C=O) groups is 3. The van der Waals surface area contributed by atoms with E-state index in [0.29, 0.717) is 24.8 Å². The van der Waals surface area contributed by atoms with Gasteiger partial charge >= 0.3 is 0 Å². The molecule has 0 bridgehead atoms. The van der Waals surface area contributed by atoms with Crippen molar-refractivity contribution in [2.75, 3.05) is 0 Å². The van der Waals surface area contributed by atoms with Crippen LogP contribution >= 0.6 is 0 Å². The highest BCUT2D eigenvalue weighted by Crippen LogP contribution is 2.08. The Hall–Kier alpha value is -2.55. The molecule has 0 atom stereocenters. The Balaban J connectivity index is 1.68. The highest BCUT2D eigenvalue weighted by atomic mass is 16.1. The maximum absolute atomic E-state index is 11.9. The molecule has 0 radical (unpaired) electrons. The molecular weight excluding hydrogens is 288 g/mol. The van der Waals surface area contributed by atoms with Crippen LogP contribution in [0.3, 0.4) is 0 Å². The fraction of sp³-hybridized carbons (Fsp3) is 0.250. The van der Waals surface area contributed by atoms with Gasteiger partial charge in [0.25, 0.3) is 0 Å². The smallest absolute Gasteiger partial charge is 0.170 e. The molecule has 0 N–H and O–H groups in total. The predicted molar refractivity (Wildman–Crippen MR) is 89.4 cm³/mol. The van der Waals surface area contributed by atoms with E-state index in [4.69, 9.17) is 0 Å². The predicted octanol–water partition coefficient (Wildman–Crippen LogP) is 3.81. The van der Waals surface area contributed by atoms with Gasteiger partial charge < -0.3 is 0 Å². The summed E-state index contributed by atoms with van der Waals surface area (Å²) in [6.45, 7) is 0. The zero-order valence-corrected chi connectivity index (χ0v) is 13.0. The van der Waals surface area contributed by atoms with Crippen molar-refractivity contribution >= 4 is 17.3 Å². The van der Waals surface area contributed by atoms with Crippen LogP contribution in [0.15, 0.2) is 60.7 Å². The Morgan fingerprint density at radius 1 is 0.696 bits per heavy atom. The van der Waals surface area contributed by atoms with Gasteiger partial charge in [0.1, 0.15) is 11.6 Å². The molecule has 2 rings (SSSR count). The quantitative estimate of drug-likeness (QED) is 0.523. The SMILES string of the molecule is O=C(CCCC(=O)Cc1ccccc1)CC(=O)c1ccccc1. The average Bonchev–Trinajstić information content (AvgIpc) is 2.56. The van der Waals surface area contributed by atoms with Gasteiger partial charge in [-0.05, 0) is 12.0 Å². The minimum absolute atomic E-state index is 0.0864. The number of hydrogen-bond acceptors (Lipinski definition) is 3. The van der Waals surface area contributed by atoms with Gasteiger partial charge in [0.15, 0.2) is 5.78 Å². The first kappa shape index (κ1) is 16.8. The van der Waals surface area contributed by atoms with Gasteiger partial charge in [-0.3, -0.25) is 14.4 Å². The van der Waals surface area contributed by atoms with Crippen molar-refractivity contribution < 1.29 is 14.4 Å². The van der Waals surface area contributed by atoms with Crippen LogP contribution in [0, 0.1) is 0 Å². The Morgan fingerprint density at radius 3 is 1.91 bits per heavy atom. The second-order valence-electron chi connectivity index (χ2n) is 5.56. The fourth-order valence-electron chi connectivity index (χ4n) is 2.39. The Bertz CT molecular complexity index is 660. The molecule has 0 aliphatic rings. The lowest BCUT2D eigenvalue weighted by Crippen LogP contribution is -2.09. The highest BCUT2D eigenvalue weighted by Gasteiger charge is 2.12. The van der Waals surface area contributed by atoms with Crippen molar-refractivity contribution in [1.82, 2.24) is 0 Å². The number of benzene rings is 2. The molecule has 0 aliphatic carbocycles. The maximum Gasteiger partial charge on any atom is 0.170 e. The van der Waals surface area contributed by atoms with Crippen LogP contribution in [0.5, 0.6) is 0 Å². The third-order valence-electron chi connectivity index (χ3n) is 3.61. The van der Waals surface area contributed by atoms with Gasteiger partial charge in [0, 0.05) is 24.8 Å². The molecule has 0 fully saturated rings. The number of carbonyl (C=O) groups excluding carboxylic acids is 3. The summed E-state index contributed by atoms with van der Waals surface area (Å²) in [7, 11) is 0. The van der Waals surface area contributed by atoms with Gasteiger partial charge in [0.05, 0.1) is 6.42 Å². The van der Waals surface area contributed by atoms with E-state index in [9.17, 15) is 14.4 Å². The van der Waals surface area contributed by atoms with Crippen LogP contribution in [-0.4, -0.2) is 17.3 Å². The highest BCUT2D eigenvalue weighted by molar-refractivity contribution is 6.07. The lowest BCUT2D eigenvalue weighted by atomic mass is 10.0. The molecule has 0 heterocycles. The van der Waals surface area contributed by atoms with Crippen molar-refractivity contribution in [3.63, 3.8) is 0 Å². The third kappa shape index (κ3) is 5.99. The minimum Gasteiger partial charge on any atom is -0.299 e. The molecule has 0 aromatic heterocycles. The van der Waals surface area contributed by atoms with E-state index in [0.717, 1.165) is 5.56 Å². The second kappa shape index (κ2) is 8.79. The second-order valence-corrected chi connectivity index (χ2v) is 5.56. The van der Waals surface area contributed by atoms with E-state index in [2.05, 4.69) is 0 Å². The maximum atomic E-state index is 11.9. The van der Waals surface area contributed by atoms with Crippen molar-refractivity contribution in [2.45, 2.75) is 32.1 Å². The standard InChI is InChI=1S/C20H20O3/c21-18(14-16-8-3-1-4-9-16)12-7-13-19(22)15-20(23)17-10-5-2-6-11-17/h1-6,8-11H,7,12-15H2. The molecule has 0 saturated heterocycles. The molecule has 0 saturated carbocycles. The van der Waals surface area contributed by atoms with Crippen LogP contribution in [-0.2, 0) is 16.0 Å². The molecule has 0 unspecified atom stereocenters. The number of rotatable bonds is 9. The zero-order valence-electron chi connectivity index (χ0n) is 13.0. The van der Waals surface area contributed by atoms with Gasteiger partial charge in [-0.15, -0.1) is 0 Å². The summed E-state index contributed by atoms with van der Waals surface area (Å²) in [5.41, 5.74) is 1.55. The average molecular weight is 308 g/mol. The van der Waals surface area contributed by atoms with E-state index in [-0.39, 0.29) is 30.2 Å². The summed E-state index contributed by atoms with van der Waals surface area (Å²) in [4.78, 5) is 35.6. The first-order valence-corrected chi connectivity index (χ1v) is 7.81. The van der Waals surface area contributed by atoms with Crippen molar-refractivity contribution in [2.24, 2.45) is 0 Å². The van der Waals surface area contributed by atoms with Crippen molar-refractivity contribution in [3.05, 3.63) is 71.8 Å². The lowest BCUT2D eigenvalue weighted by Gasteiger charge is -2.02. The summed E-state index contributed by atoms with van der Waals surface area (Å²) in [6.07, 6.45) is 1.47. The van der Waals surface area contributed by atoms with E-state index in [1.165, 1.54) is 0 Å². The Morgan fingerprint density at radius 2 is 1.26 bits per heavy atom. The summed E-state index contributed by atoms with van der Waals surface area (Å²) in [6, 6.07) is 18.4. The summed E-state index contributed by atoms with van der Waals surface area (Å²) >= 11 is 0. The molecule has 2 aromatic rings. The summed E-state index contributed by atoms with van der Waals surface area (Å²) in [5.74, 6) is -0.143. The molecule has 0 aliphatic heterocycles. The minimum atomic E-state index is -0.161. The summed E-state index contributed by atoms with van der Waals surface area (Å²) in [5, 5.41) is 0.